The van der Waals surface area contributed by atoms with E-state index in [1.165, 1.54) is 0 Å². The molecule has 0 aliphatic carbocycles. The third-order valence-corrected chi connectivity index (χ3v) is 4.85. The number of hydrogen-bond acceptors (Lipinski definition) is 6. The van der Waals surface area contributed by atoms with Crippen molar-refractivity contribution in [1.82, 2.24) is 15.1 Å². The van der Waals surface area contributed by atoms with Gasteiger partial charge in [0.25, 0.3) is 0 Å². The maximum Gasteiger partial charge on any atom is 0.248 e. The summed E-state index contributed by atoms with van der Waals surface area (Å²) in [6.45, 7) is 4.48. The van der Waals surface area contributed by atoms with E-state index in [-0.39, 0.29) is 11.9 Å². The highest BCUT2D eigenvalue weighted by Crippen LogP contribution is 2.21. The lowest BCUT2D eigenvalue weighted by Crippen LogP contribution is -2.36. The van der Waals surface area contributed by atoms with Crippen LogP contribution in [0, 0.1) is 11.3 Å². The maximum absolute atomic E-state index is 12.7. The number of rotatable bonds is 7. The summed E-state index contributed by atoms with van der Waals surface area (Å²) in [5, 5.41) is 20.9. The molecule has 1 amide bonds. The number of amides is 1. The molecule has 0 aliphatic heterocycles. The fourth-order valence-corrected chi connectivity index (χ4v) is 3.28. The lowest BCUT2D eigenvalue weighted by molar-refractivity contribution is -0.133. The molecule has 3 aromatic rings. The third-order valence-electron chi connectivity index (χ3n) is 4.17. The molecule has 0 fully saturated rings. The molecule has 0 N–H and O–H groups in total. The van der Waals surface area contributed by atoms with Gasteiger partial charge >= 0.3 is 0 Å². The van der Waals surface area contributed by atoms with Crippen LogP contribution in [0.25, 0.3) is 11.5 Å². The number of aryl methyl sites for hydroxylation is 1. The Balaban J connectivity index is 1.61. The van der Waals surface area contributed by atoms with E-state index in [9.17, 15) is 4.79 Å². The van der Waals surface area contributed by atoms with Gasteiger partial charge in [0.2, 0.25) is 17.7 Å². The zero-order valence-corrected chi connectivity index (χ0v) is 16.1. The van der Waals surface area contributed by atoms with Crippen molar-refractivity contribution in [3.63, 3.8) is 0 Å². The Kier molecular flexibility index (Phi) is 5.99. The van der Waals surface area contributed by atoms with E-state index in [1.54, 1.807) is 23.5 Å². The molecule has 3 rings (SSSR count). The van der Waals surface area contributed by atoms with Crippen LogP contribution in [0.2, 0.25) is 0 Å². The largest absolute Gasteiger partial charge is 0.421 e. The van der Waals surface area contributed by atoms with Crippen molar-refractivity contribution >= 4 is 17.2 Å². The monoisotopic (exact) mass is 380 g/mol. The van der Waals surface area contributed by atoms with Gasteiger partial charge in [-0.2, -0.15) is 16.6 Å². The highest BCUT2D eigenvalue weighted by Gasteiger charge is 2.19. The average molecular weight is 380 g/mol. The molecule has 0 saturated heterocycles. The van der Waals surface area contributed by atoms with Gasteiger partial charge in [-0.3, -0.25) is 4.79 Å². The molecule has 0 spiro atoms. The molecule has 7 heteroatoms. The van der Waals surface area contributed by atoms with Gasteiger partial charge in [0.15, 0.2) is 0 Å². The van der Waals surface area contributed by atoms with Crippen molar-refractivity contribution in [2.75, 3.05) is 0 Å². The number of thiophene rings is 1. The molecule has 27 heavy (non-hydrogen) atoms. The second kappa shape index (κ2) is 8.60. The van der Waals surface area contributed by atoms with E-state index in [4.69, 9.17) is 9.68 Å². The molecule has 0 radical (unpaired) electrons. The Morgan fingerprint density at radius 3 is 2.67 bits per heavy atom. The van der Waals surface area contributed by atoms with Crippen LogP contribution in [0.4, 0.5) is 0 Å². The molecule has 0 aliphatic rings. The molecule has 138 valence electrons. The normalized spacial score (nSPS) is 10.7. The second-order valence-electron chi connectivity index (χ2n) is 6.44. The minimum absolute atomic E-state index is 0.0321. The van der Waals surface area contributed by atoms with Crippen LogP contribution in [0.3, 0.4) is 0 Å². The minimum atomic E-state index is 0.0321. The van der Waals surface area contributed by atoms with E-state index in [2.05, 4.69) is 16.3 Å². The van der Waals surface area contributed by atoms with E-state index in [0.29, 0.717) is 36.7 Å². The van der Waals surface area contributed by atoms with E-state index in [0.717, 1.165) is 11.1 Å². The molecule has 0 bridgehead atoms. The number of aromatic nitrogens is 2. The van der Waals surface area contributed by atoms with Gasteiger partial charge in [0.05, 0.1) is 11.6 Å². The number of carbonyl (C=O) groups is 1. The fourth-order valence-electron chi connectivity index (χ4n) is 2.66. The molecule has 0 saturated carbocycles. The topological polar surface area (TPSA) is 83.0 Å². The lowest BCUT2D eigenvalue weighted by Gasteiger charge is -2.27. The van der Waals surface area contributed by atoms with Crippen molar-refractivity contribution in [3.05, 3.63) is 58.1 Å². The van der Waals surface area contributed by atoms with Crippen molar-refractivity contribution in [2.24, 2.45) is 0 Å². The first-order chi connectivity index (χ1) is 13.1. The standard InChI is InChI=1S/C20H20N4O2S/c1-14(2)24(12-16-5-3-15(11-21)4-6-16)19(25)8-7-18-22-23-20(26-18)17-9-10-27-13-17/h3-6,9-10,13-14H,7-8,12H2,1-2H3. The number of nitriles is 1. The van der Waals surface area contributed by atoms with Gasteiger partial charge in [0, 0.05) is 36.4 Å². The minimum Gasteiger partial charge on any atom is -0.421 e. The van der Waals surface area contributed by atoms with Crippen LogP contribution < -0.4 is 0 Å². The van der Waals surface area contributed by atoms with Crippen LogP contribution >= 0.6 is 11.3 Å². The highest BCUT2D eigenvalue weighted by atomic mass is 32.1. The van der Waals surface area contributed by atoms with Crippen LogP contribution in [-0.4, -0.2) is 27.0 Å². The molecule has 2 heterocycles. The molecule has 2 aromatic heterocycles. The summed E-state index contributed by atoms with van der Waals surface area (Å²) in [5.41, 5.74) is 2.50. The number of carbonyl (C=O) groups excluding carboxylic acids is 1. The van der Waals surface area contributed by atoms with Crippen LogP contribution in [-0.2, 0) is 17.8 Å². The summed E-state index contributed by atoms with van der Waals surface area (Å²) in [5.74, 6) is 0.980. The molecular formula is C20H20N4O2S. The summed E-state index contributed by atoms with van der Waals surface area (Å²) in [4.78, 5) is 14.5. The van der Waals surface area contributed by atoms with Gasteiger partial charge in [-0.15, -0.1) is 10.2 Å². The van der Waals surface area contributed by atoms with E-state index in [1.807, 2.05) is 47.7 Å². The first-order valence-corrected chi connectivity index (χ1v) is 9.64. The van der Waals surface area contributed by atoms with Gasteiger partial charge in [-0.05, 0) is 43.0 Å². The average Bonchev–Trinajstić information content (AvgIpc) is 3.35. The third kappa shape index (κ3) is 4.80. The summed E-state index contributed by atoms with van der Waals surface area (Å²) in [6.07, 6.45) is 0.715. The van der Waals surface area contributed by atoms with E-state index >= 15 is 0 Å². The molecular weight excluding hydrogens is 360 g/mol. The van der Waals surface area contributed by atoms with E-state index < -0.39 is 0 Å². The van der Waals surface area contributed by atoms with Gasteiger partial charge < -0.3 is 9.32 Å². The summed E-state index contributed by atoms with van der Waals surface area (Å²) >= 11 is 1.57. The van der Waals surface area contributed by atoms with Gasteiger partial charge in [-0.25, -0.2) is 0 Å². The van der Waals surface area contributed by atoms with Crippen molar-refractivity contribution < 1.29 is 9.21 Å². The van der Waals surface area contributed by atoms with Crippen molar-refractivity contribution in [1.29, 1.82) is 5.26 Å². The first kappa shape index (κ1) is 18.8. The first-order valence-electron chi connectivity index (χ1n) is 8.70. The SMILES string of the molecule is CC(C)N(Cc1ccc(C#N)cc1)C(=O)CCc1nnc(-c2ccsc2)o1. The predicted molar refractivity (Wildman–Crippen MR) is 103 cm³/mol. The lowest BCUT2D eigenvalue weighted by atomic mass is 10.1. The molecule has 0 unspecified atom stereocenters. The Morgan fingerprint density at radius 2 is 2.04 bits per heavy atom. The van der Waals surface area contributed by atoms with Gasteiger partial charge in [0.1, 0.15) is 0 Å². The smallest absolute Gasteiger partial charge is 0.248 e. The van der Waals surface area contributed by atoms with Gasteiger partial charge in [-0.1, -0.05) is 12.1 Å². The van der Waals surface area contributed by atoms with Crippen molar-refractivity contribution in [2.45, 2.75) is 39.3 Å². The summed E-state index contributed by atoms with van der Waals surface area (Å²) in [7, 11) is 0. The van der Waals surface area contributed by atoms with Crippen LogP contribution in [0.15, 0.2) is 45.5 Å². The molecule has 6 nitrogen and oxygen atoms in total. The number of hydrogen-bond donors (Lipinski definition) is 0. The second-order valence-corrected chi connectivity index (χ2v) is 7.22. The fraction of sp³-hybridized carbons (Fsp3) is 0.300. The Bertz CT molecular complexity index is 924. The predicted octanol–water partition coefficient (Wildman–Crippen LogP) is 4.04. The highest BCUT2D eigenvalue weighted by molar-refractivity contribution is 7.08. The summed E-state index contributed by atoms with van der Waals surface area (Å²) in [6, 6.07) is 11.4. The Hall–Kier alpha value is -2.98. The van der Waals surface area contributed by atoms with Crippen LogP contribution in [0.1, 0.15) is 37.3 Å². The Morgan fingerprint density at radius 1 is 1.26 bits per heavy atom. The van der Waals surface area contributed by atoms with Crippen LogP contribution in [0.5, 0.6) is 0 Å². The zero-order valence-electron chi connectivity index (χ0n) is 15.3. The number of nitrogens with zero attached hydrogens (tertiary/aromatic N) is 4. The number of benzene rings is 1. The Labute approximate surface area is 162 Å². The quantitative estimate of drug-likeness (QED) is 0.618. The zero-order chi connectivity index (χ0) is 19.2. The molecule has 0 atom stereocenters. The van der Waals surface area contributed by atoms with Crippen molar-refractivity contribution in [3.8, 4) is 17.5 Å². The summed E-state index contributed by atoms with van der Waals surface area (Å²) < 4.78 is 5.65. The maximum atomic E-state index is 12.7. The molecule has 1 aromatic carbocycles.